The molecule has 0 aromatic heterocycles. The van der Waals surface area contributed by atoms with E-state index in [0.717, 1.165) is 18.9 Å². The number of aliphatic carboxylic acids is 1. The highest BCUT2D eigenvalue weighted by Crippen LogP contribution is 2.30. The summed E-state index contributed by atoms with van der Waals surface area (Å²) < 4.78 is 5.64. The molecule has 0 unspecified atom stereocenters. The van der Waals surface area contributed by atoms with Gasteiger partial charge in [-0.05, 0) is 42.5 Å². The number of ether oxygens (including phenoxy) is 1. The quantitative estimate of drug-likeness (QED) is 0.326. The van der Waals surface area contributed by atoms with E-state index >= 15 is 0 Å². The predicted molar refractivity (Wildman–Crippen MR) is 111 cm³/mol. The Hall–Kier alpha value is -3.26. The summed E-state index contributed by atoms with van der Waals surface area (Å²) in [6, 6.07) is 2.37. The second-order valence-electron chi connectivity index (χ2n) is 7.19. The number of benzene rings is 1. The minimum absolute atomic E-state index is 0.0614. The van der Waals surface area contributed by atoms with Gasteiger partial charge in [-0.25, -0.2) is 9.59 Å². The number of allylic oxidation sites excluding steroid dienone is 3. The normalized spacial score (nSPS) is 19.4. The van der Waals surface area contributed by atoms with Gasteiger partial charge in [-0.15, -0.1) is 0 Å². The first kappa shape index (κ1) is 23.0. The van der Waals surface area contributed by atoms with Crippen molar-refractivity contribution < 1.29 is 34.5 Å². The molecule has 0 saturated heterocycles. The van der Waals surface area contributed by atoms with Crippen LogP contribution in [0.5, 0.6) is 11.5 Å². The fraction of sp³-hybridized carbons (Fsp3) is 0.364. The number of nitrogens with one attached hydrogen (secondary N) is 1. The summed E-state index contributed by atoms with van der Waals surface area (Å²) in [5.74, 6) is -2.48. The summed E-state index contributed by atoms with van der Waals surface area (Å²) in [6.45, 7) is 3.30. The van der Waals surface area contributed by atoms with Crippen LogP contribution in [-0.4, -0.2) is 40.0 Å². The monoisotopic (exact) mass is 417 g/mol. The summed E-state index contributed by atoms with van der Waals surface area (Å²) in [5.41, 5.74) is 2.93. The zero-order valence-electron chi connectivity index (χ0n) is 17.0. The van der Waals surface area contributed by atoms with Crippen LogP contribution >= 0.6 is 0 Å². The highest BCUT2D eigenvalue weighted by Gasteiger charge is 2.24. The van der Waals surface area contributed by atoms with E-state index < -0.39 is 24.3 Å². The Labute approximate surface area is 175 Å². The van der Waals surface area contributed by atoms with Crippen LogP contribution in [0.1, 0.15) is 49.0 Å². The minimum atomic E-state index is -1.16. The van der Waals surface area contributed by atoms with Gasteiger partial charge in [-0.3, -0.25) is 10.3 Å². The van der Waals surface area contributed by atoms with E-state index in [-0.39, 0.29) is 28.9 Å². The molecule has 0 amide bonds. The first-order valence-electron chi connectivity index (χ1n) is 9.67. The Kier molecular flexibility index (Phi) is 8.49. The molecule has 0 bridgehead atoms. The van der Waals surface area contributed by atoms with E-state index in [1.807, 2.05) is 32.1 Å². The number of carboxylic acids is 1. The zero-order valence-corrected chi connectivity index (χ0v) is 17.0. The van der Waals surface area contributed by atoms with E-state index in [1.165, 1.54) is 12.1 Å². The van der Waals surface area contributed by atoms with Crippen molar-refractivity contribution in [3.8, 4) is 11.5 Å². The average Bonchev–Trinajstić information content (AvgIpc) is 2.64. The Morgan fingerprint density at radius 2 is 1.97 bits per heavy atom. The number of carbonyl (C=O) groups is 2. The van der Waals surface area contributed by atoms with Crippen LogP contribution in [0.25, 0.3) is 6.08 Å². The van der Waals surface area contributed by atoms with Gasteiger partial charge in [0.1, 0.15) is 23.2 Å². The van der Waals surface area contributed by atoms with Crippen molar-refractivity contribution in [1.82, 2.24) is 5.48 Å². The van der Waals surface area contributed by atoms with Crippen molar-refractivity contribution in [2.24, 2.45) is 5.92 Å². The molecule has 0 saturated carbocycles. The number of fused-ring (bicyclic) bond motifs is 1. The van der Waals surface area contributed by atoms with E-state index in [0.29, 0.717) is 12.1 Å². The molecule has 0 radical (unpaired) electrons. The number of aromatic hydroxyl groups is 2. The summed E-state index contributed by atoms with van der Waals surface area (Å²) in [6.07, 6.45) is 10.6. The van der Waals surface area contributed by atoms with Crippen LogP contribution in [0.4, 0.5) is 0 Å². The Morgan fingerprint density at radius 1 is 1.23 bits per heavy atom. The number of hydroxylamine groups is 1. The van der Waals surface area contributed by atoms with Crippen molar-refractivity contribution in [1.29, 1.82) is 0 Å². The topological polar surface area (TPSA) is 125 Å². The van der Waals surface area contributed by atoms with Gasteiger partial charge in [-0.1, -0.05) is 32.1 Å². The molecule has 1 aromatic rings. The standard InChI is InChI=1S/C22H27NO7/c1-14(2)19-9-7-5-3-4-6-8-16(23-29-13-20(26)27)10-15-11-17(24)12-18(25)21(15)22(28)30-19/h5-8,10-12,14,19,23-25H,3-4,9,13H2,1-2H3,(H,26,27)/b7-5?,8-6?,16-10-/t19-/m0/s1. The molecule has 1 heterocycles. The van der Waals surface area contributed by atoms with Crippen molar-refractivity contribution >= 4 is 18.0 Å². The van der Waals surface area contributed by atoms with E-state index in [1.54, 1.807) is 6.08 Å². The summed E-state index contributed by atoms with van der Waals surface area (Å²) in [4.78, 5) is 28.5. The van der Waals surface area contributed by atoms with Crippen molar-refractivity contribution in [3.63, 3.8) is 0 Å². The van der Waals surface area contributed by atoms with Gasteiger partial charge in [0.05, 0.1) is 5.70 Å². The number of cyclic esters (lactones) is 1. The van der Waals surface area contributed by atoms with Crippen LogP contribution in [0.15, 0.2) is 42.1 Å². The van der Waals surface area contributed by atoms with Crippen LogP contribution in [0.3, 0.4) is 0 Å². The molecular formula is C22H27NO7. The number of phenols is 2. The van der Waals surface area contributed by atoms with Gasteiger partial charge in [0.2, 0.25) is 0 Å². The minimum Gasteiger partial charge on any atom is -0.508 e. The second-order valence-corrected chi connectivity index (χ2v) is 7.19. The molecule has 1 aliphatic rings. The molecule has 1 aromatic carbocycles. The lowest BCUT2D eigenvalue weighted by atomic mass is 10.0. The van der Waals surface area contributed by atoms with E-state index in [4.69, 9.17) is 14.7 Å². The van der Waals surface area contributed by atoms with Gasteiger partial charge < -0.3 is 20.1 Å². The summed E-state index contributed by atoms with van der Waals surface area (Å²) in [5, 5.41) is 29.0. The third-order valence-corrected chi connectivity index (χ3v) is 4.37. The Morgan fingerprint density at radius 3 is 2.67 bits per heavy atom. The number of rotatable bonds is 5. The molecule has 1 atom stereocenters. The maximum absolute atomic E-state index is 12.9. The van der Waals surface area contributed by atoms with E-state index in [2.05, 4.69) is 5.48 Å². The first-order valence-corrected chi connectivity index (χ1v) is 9.67. The van der Waals surface area contributed by atoms with E-state index in [9.17, 15) is 19.8 Å². The molecule has 2 rings (SSSR count). The number of hydrogen-bond donors (Lipinski definition) is 4. The molecule has 8 nitrogen and oxygen atoms in total. The molecule has 4 N–H and O–H groups in total. The fourth-order valence-electron chi connectivity index (χ4n) is 2.83. The lowest BCUT2D eigenvalue weighted by Gasteiger charge is -2.21. The smallest absolute Gasteiger partial charge is 0.342 e. The molecule has 0 aliphatic carbocycles. The number of hydrogen-bond acceptors (Lipinski definition) is 7. The molecule has 0 fully saturated rings. The van der Waals surface area contributed by atoms with Gasteiger partial charge >= 0.3 is 11.9 Å². The number of carboxylic acid groups (broad SMARTS) is 1. The van der Waals surface area contributed by atoms with Gasteiger partial charge in [0, 0.05) is 12.5 Å². The van der Waals surface area contributed by atoms with Crippen LogP contribution in [-0.2, 0) is 14.4 Å². The van der Waals surface area contributed by atoms with Crippen LogP contribution < -0.4 is 5.48 Å². The summed E-state index contributed by atoms with van der Waals surface area (Å²) in [7, 11) is 0. The largest absolute Gasteiger partial charge is 0.508 e. The second kappa shape index (κ2) is 11.1. The van der Waals surface area contributed by atoms with Crippen molar-refractivity contribution in [2.45, 2.75) is 39.2 Å². The fourth-order valence-corrected chi connectivity index (χ4v) is 2.83. The van der Waals surface area contributed by atoms with Crippen LogP contribution in [0, 0.1) is 5.92 Å². The SMILES string of the molecule is CC(C)[C@@H]1CC=CCCC=C/C(NOCC(=O)O)=C/c2cc(O)cc(O)c2C(=O)O1. The van der Waals surface area contributed by atoms with Crippen molar-refractivity contribution in [2.75, 3.05) is 6.61 Å². The van der Waals surface area contributed by atoms with Gasteiger partial charge in [-0.2, -0.15) is 0 Å². The molecule has 1 aliphatic heterocycles. The van der Waals surface area contributed by atoms with Gasteiger partial charge in [0.25, 0.3) is 0 Å². The lowest BCUT2D eigenvalue weighted by molar-refractivity contribution is -0.144. The summed E-state index contributed by atoms with van der Waals surface area (Å²) >= 11 is 0. The maximum Gasteiger partial charge on any atom is 0.342 e. The number of esters is 1. The third kappa shape index (κ3) is 6.97. The molecule has 0 spiro atoms. The highest BCUT2D eigenvalue weighted by molar-refractivity contribution is 5.97. The lowest BCUT2D eigenvalue weighted by Crippen LogP contribution is -2.24. The molecule has 8 heteroatoms. The van der Waals surface area contributed by atoms with Gasteiger partial charge in [0.15, 0.2) is 6.61 Å². The van der Waals surface area contributed by atoms with Crippen LogP contribution in [0.2, 0.25) is 0 Å². The first-order chi connectivity index (χ1) is 14.3. The van der Waals surface area contributed by atoms with Crippen molar-refractivity contribution in [3.05, 3.63) is 53.3 Å². The Bertz CT molecular complexity index is 855. The highest BCUT2D eigenvalue weighted by atomic mass is 16.7. The number of carbonyl (C=O) groups excluding carboxylic acids is 1. The molecular weight excluding hydrogens is 390 g/mol. The predicted octanol–water partition coefficient (Wildman–Crippen LogP) is 3.52. The molecule has 162 valence electrons. The maximum atomic E-state index is 12.9. The third-order valence-electron chi connectivity index (χ3n) is 4.37. The average molecular weight is 417 g/mol. The molecule has 30 heavy (non-hydrogen) atoms. The Balaban J connectivity index is 2.49. The number of phenolic OH excluding ortho intramolecular Hbond substituents is 2. The zero-order chi connectivity index (χ0) is 22.1.